The van der Waals surface area contributed by atoms with Crippen LogP contribution in [-0.2, 0) is 16.0 Å². The van der Waals surface area contributed by atoms with Gasteiger partial charge in [0, 0.05) is 20.5 Å². The van der Waals surface area contributed by atoms with E-state index in [-0.39, 0.29) is 29.8 Å². The lowest BCUT2D eigenvalue weighted by Gasteiger charge is -2.23. The number of carboxylic acid groups (broad SMARTS) is 1. The van der Waals surface area contributed by atoms with Gasteiger partial charge in [0.15, 0.2) is 0 Å². The standard InChI is InChI=1S/C29H30N2O6/c1-20(32)31-17-5-6-22(31)19-36-23-13-15-25(16-14-23)37-24-11-9-21(10-12-24)18-28(33)30(2)27-8-4-3-7-26(27)29(34)35/h3-4,7-16,22H,5-6,17-19H2,1-2H3,(H,34,35)/t22-/m1/s1. The molecule has 8 heteroatoms. The Balaban J connectivity index is 1.30. The molecule has 0 spiro atoms. The second-order valence-electron chi connectivity index (χ2n) is 8.99. The van der Waals surface area contributed by atoms with E-state index in [1.165, 1.54) is 11.0 Å². The van der Waals surface area contributed by atoms with Gasteiger partial charge in [-0.2, -0.15) is 0 Å². The largest absolute Gasteiger partial charge is 0.491 e. The highest BCUT2D eigenvalue weighted by Gasteiger charge is 2.26. The van der Waals surface area contributed by atoms with Crippen LogP contribution in [0.2, 0.25) is 0 Å². The summed E-state index contributed by atoms with van der Waals surface area (Å²) in [4.78, 5) is 39.1. The van der Waals surface area contributed by atoms with Gasteiger partial charge in [0.05, 0.1) is 23.7 Å². The number of likely N-dealkylation sites (tertiary alicyclic amines) is 1. The topological polar surface area (TPSA) is 96.4 Å². The molecule has 0 unspecified atom stereocenters. The third-order valence-corrected chi connectivity index (χ3v) is 6.43. The van der Waals surface area contributed by atoms with Gasteiger partial charge in [-0.15, -0.1) is 0 Å². The molecule has 2 amide bonds. The number of carbonyl (C=O) groups is 3. The van der Waals surface area contributed by atoms with E-state index in [0.717, 1.165) is 24.9 Å². The van der Waals surface area contributed by atoms with Crippen LogP contribution in [0.25, 0.3) is 0 Å². The summed E-state index contributed by atoms with van der Waals surface area (Å²) in [5.41, 5.74) is 1.22. The molecule has 37 heavy (non-hydrogen) atoms. The molecule has 1 aliphatic rings. The van der Waals surface area contributed by atoms with Gasteiger partial charge in [0.2, 0.25) is 11.8 Å². The molecule has 0 radical (unpaired) electrons. The minimum atomic E-state index is -1.08. The number of para-hydroxylation sites is 1. The molecule has 1 fully saturated rings. The van der Waals surface area contributed by atoms with Crippen LogP contribution in [0, 0.1) is 0 Å². The van der Waals surface area contributed by atoms with Crippen molar-refractivity contribution in [3.63, 3.8) is 0 Å². The number of likely N-dealkylation sites (N-methyl/N-ethyl adjacent to an activating group) is 1. The second kappa shape index (κ2) is 11.6. The summed E-state index contributed by atoms with van der Waals surface area (Å²) in [5, 5.41) is 9.38. The van der Waals surface area contributed by atoms with Crippen molar-refractivity contribution in [3.05, 3.63) is 83.9 Å². The molecular formula is C29H30N2O6. The van der Waals surface area contributed by atoms with E-state index >= 15 is 0 Å². The van der Waals surface area contributed by atoms with Crippen LogP contribution in [0.15, 0.2) is 72.8 Å². The molecule has 3 aromatic carbocycles. The van der Waals surface area contributed by atoms with E-state index in [4.69, 9.17) is 9.47 Å². The minimum Gasteiger partial charge on any atom is -0.491 e. The monoisotopic (exact) mass is 502 g/mol. The number of nitrogens with zero attached hydrogens (tertiary/aromatic N) is 2. The van der Waals surface area contributed by atoms with E-state index < -0.39 is 5.97 Å². The maximum absolute atomic E-state index is 12.8. The number of hydrogen-bond donors (Lipinski definition) is 1. The number of anilines is 1. The maximum atomic E-state index is 12.8. The quantitative estimate of drug-likeness (QED) is 0.453. The van der Waals surface area contributed by atoms with Crippen LogP contribution >= 0.6 is 0 Å². The summed E-state index contributed by atoms with van der Waals surface area (Å²) >= 11 is 0. The highest BCUT2D eigenvalue weighted by Crippen LogP contribution is 2.26. The van der Waals surface area contributed by atoms with Gasteiger partial charge in [0.1, 0.15) is 23.9 Å². The average Bonchev–Trinajstić information content (AvgIpc) is 3.38. The zero-order valence-electron chi connectivity index (χ0n) is 20.9. The number of benzene rings is 3. The minimum absolute atomic E-state index is 0.0788. The summed E-state index contributed by atoms with van der Waals surface area (Å²) in [7, 11) is 1.57. The number of amides is 2. The molecule has 1 heterocycles. The van der Waals surface area contributed by atoms with Gasteiger partial charge >= 0.3 is 5.97 Å². The molecule has 1 atom stereocenters. The summed E-state index contributed by atoms with van der Waals surface area (Å²) in [6, 6.07) is 21.0. The Morgan fingerprint density at radius 1 is 0.946 bits per heavy atom. The molecule has 0 bridgehead atoms. The van der Waals surface area contributed by atoms with Crippen LogP contribution in [0.3, 0.4) is 0 Å². The number of rotatable bonds is 9. The van der Waals surface area contributed by atoms with Crippen molar-refractivity contribution in [2.75, 3.05) is 25.1 Å². The number of carbonyl (C=O) groups excluding carboxylic acids is 2. The second-order valence-corrected chi connectivity index (χ2v) is 8.99. The Kier molecular flexibility index (Phi) is 8.08. The van der Waals surface area contributed by atoms with Crippen molar-refractivity contribution in [2.24, 2.45) is 0 Å². The van der Waals surface area contributed by atoms with Crippen LogP contribution in [-0.4, -0.2) is 54.0 Å². The van der Waals surface area contributed by atoms with Crippen molar-refractivity contribution in [1.29, 1.82) is 0 Å². The van der Waals surface area contributed by atoms with Gasteiger partial charge < -0.3 is 24.4 Å². The van der Waals surface area contributed by atoms with Crippen molar-refractivity contribution < 1.29 is 29.0 Å². The van der Waals surface area contributed by atoms with E-state index in [1.54, 1.807) is 44.3 Å². The van der Waals surface area contributed by atoms with Gasteiger partial charge in [0.25, 0.3) is 0 Å². The molecule has 0 aliphatic carbocycles. The van der Waals surface area contributed by atoms with E-state index in [2.05, 4.69) is 0 Å². The fourth-order valence-electron chi connectivity index (χ4n) is 4.41. The van der Waals surface area contributed by atoms with Crippen molar-refractivity contribution >= 4 is 23.5 Å². The Labute approximate surface area is 216 Å². The molecule has 0 aromatic heterocycles. The smallest absolute Gasteiger partial charge is 0.337 e. The van der Waals surface area contributed by atoms with Crippen molar-refractivity contribution in [3.8, 4) is 17.2 Å². The SMILES string of the molecule is CC(=O)N1CCC[C@@H]1COc1ccc(Oc2ccc(CC(=O)N(C)c3ccccc3C(=O)O)cc2)cc1. The van der Waals surface area contributed by atoms with Crippen LogP contribution in [0.4, 0.5) is 5.69 Å². The molecule has 8 nitrogen and oxygen atoms in total. The predicted molar refractivity (Wildman–Crippen MR) is 139 cm³/mol. The lowest BCUT2D eigenvalue weighted by molar-refractivity contribution is -0.130. The maximum Gasteiger partial charge on any atom is 0.337 e. The van der Waals surface area contributed by atoms with E-state index in [0.29, 0.717) is 29.5 Å². The number of carboxylic acids is 1. The first-order valence-corrected chi connectivity index (χ1v) is 12.2. The third-order valence-electron chi connectivity index (χ3n) is 6.43. The average molecular weight is 503 g/mol. The van der Waals surface area contributed by atoms with Crippen molar-refractivity contribution in [1.82, 2.24) is 4.90 Å². The van der Waals surface area contributed by atoms with Gasteiger partial charge in [-0.1, -0.05) is 24.3 Å². The van der Waals surface area contributed by atoms with E-state index in [1.807, 2.05) is 41.3 Å². The molecule has 1 aliphatic heterocycles. The molecular weight excluding hydrogens is 472 g/mol. The molecule has 0 saturated carbocycles. The number of hydrogen-bond acceptors (Lipinski definition) is 5. The lowest BCUT2D eigenvalue weighted by Crippen LogP contribution is -2.37. The van der Waals surface area contributed by atoms with Crippen LogP contribution in [0.1, 0.15) is 35.7 Å². The summed E-state index contributed by atoms with van der Waals surface area (Å²) in [5.74, 6) is 0.766. The molecule has 192 valence electrons. The summed E-state index contributed by atoms with van der Waals surface area (Å²) in [6.45, 7) is 2.85. The van der Waals surface area contributed by atoms with E-state index in [9.17, 15) is 19.5 Å². The zero-order valence-corrected chi connectivity index (χ0v) is 20.9. The van der Waals surface area contributed by atoms with Gasteiger partial charge in [-0.05, 0) is 66.9 Å². The third kappa shape index (κ3) is 6.46. The normalized spacial score (nSPS) is 14.8. The van der Waals surface area contributed by atoms with Crippen LogP contribution in [0.5, 0.6) is 17.2 Å². The lowest BCUT2D eigenvalue weighted by atomic mass is 10.1. The van der Waals surface area contributed by atoms with Crippen LogP contribution < -0.4 is 14.4 Å². The fourth-order valence-corrected chi connectivity index (χ4v) is 4.41. The Hall–Kier alpha value is -4.33. The van der Waals surface area contributed by atoms with Gasteiger partial charge in [-0.25, -0.2) is 4.79 Å². The number of aromatic carboxylic acids is 1. The Morgan fingerprint density at radius 3 is 2.22 bits per heavy atom. The van der Waals surface area contributed by atoms with Gasteiger partial charge in [-0.3, -0.25) is 9.59 Å². The summed E-state index contributed by atoms with van der Waals surface area (Å²) < 4.78 is 11.8. The zero-order chi connectivity index (χ0) is 26.4. The predicted octanol–water partition coefficient (Wildman–Crippen LogP) is 4.77. The Morgan fingerprint density at radius 2 is 1.57 bits per heavy atom. The first-order valence-electron chi connectivity index (χ1n) is 12.2. The fraction of sp³-hybridized carbons (Fsp3) is 0.276. The first-order chi connectivity index (χ1) is 17.8. The highest BCUT2D eigenvalue weighted by atomic mass is 16.5. The molecule has 4 rings (SSSR count). The number of ether oxygens (including phenoxy) is 2. The molecule has 3 aromatic rings. The summed E-state index contributed by atoms with van der Waals surface area (Å²) in [6.07, 6.45) is 2.08. The highest BCUT2D eigenvalue weighted by molar-refractivity contribution is 6.02. The molecule has 1 N–H and O–H groups in total. The van der Waals surface area contributed by atoms with Crippen molar-refractivity contribution in [2.45, 2.75) is 32.2 Å². The first kappa shape index (κ1) is 25.8. The Bertz CT molecular complexity index is 1260. The molecule has 1 saturated heterocycles.